The molecule has 1 amide bonds. The smallest absolute Gasteiger partial charge is 0.263 e. The number of amides is 1. The summed E-state index contributed by atoms with van der Waals surface area (Å²) < 4.78 is 15.2. The van der Waals surface area contributed by atoms with Gasteiger partial charge < -0.3 is 4.90 Å². The molecule has 0 saturated carbocycles. The maximum atomic E-state index is 14.2. The minimum atomic E-state index is -0.508. The van der Waals surface area contributed by atoms with Crippen LogP contribution in [0.15, 0.2) is 48.5 Å². The van der Waals surface area contributed by atoms with Gasteiger partial charge in [0.25, 0.3) is 5.91 Å². The van der Waals surface area contributed by atoms with Gasteiger partial charge >= 0.3 is 0 Å². The van der Waals surface area contributed by atoms with Crippen LogP contribution in [-0.2, 0) is 0 Å². The van der Waals surface area contributed by atoms with Crippen LogP contribution in [0.3, 0.4) is 0 Å². The highest BCUT2D eigenvalue weighted by Gasteiger charge is 2.23. The van der Waals surface area contributed by atoms with Gasteiger partial charge in [-0.2, -0.15) is 0 Å². The molecule has 0 radical (unpaired) electrons. The molecule has 0 saturated heterocycles. The molecule has 27 heavy (non-hydrogen) atoms. The number of anilines is 1. The van der Waals surface area contributed by atoms with E-state index in [0.29, 0.717) is 18.2 Å². The molecule has 3 aromatic rings. The van der Waals surface area contributed by atoms with Crippen molar-refractivity contribution in [1.82, 2.24) is 9.88 Å². The standard InChI is InChI=1S/C20H22FN3OS.ClH/c1-3-23(4-2)13-14-24(19(25)15-9-5-6-10-16(15)21)20-22-17-11-7-8-12-18(17)26-20;/h5-12H,3-4,13-14H2,1-2H3;1H. The van der Waals surface area contributed by atoms with Gasteiger partial charge in [-0.1, -0.05) is 49.4 Å². The molecule has 0 aliphatic carbocycles. The SMILES string of the molecule is CCN(CC)CCN(C(=O)c1ccccc1F)c1nc2ccccc2s1.Cl. The highest BCUT2D eigenvalue weighted by Crippen LogP contribution is 2.29. The lowest BCUT2D eigenvalue weighted by Gasteiger charge is -2.24. The van der Waals surface area contributed by atoms with E-state index in [1.54, 1.807) is 17.0 Å². The molecule has 144 valence electrons. The van der Waals surface area contributed by atoms with E-state index in [0.717, 1.165) is 23.3 Å². The topological polar surface area (TPSA) is 36.4 Å². The summed E-state index contributed by atoms with van der Waals surface area (Å²) in [5.74, 6) is -0.860. The second-order valence-electron chi connectivity index (χ2n) is 5.93. The quantitative estimate of drug-likeness (QED) is 0.562. The fourth-order valence-electron chi connectivity index (χ4n) is 2.82. The maximum Gasteiger partial charge on any atom is 0.263 e. The third-order valence-corrected chi connectivity index (χ3v) is 5.46. The van der Waals surface area contributed by atoms with Crippen molar-refractivity contribution in [2.45, 2.75) is 13.8 Å². The number of thiazole rings is 1. The number of carbonyl (C=O) groups is 1. The zero-order valence-corrected chi connectivity index (χ0v) is 17.0. The van der Waals surface area contributed by atoms with Gasteiger partial charge in [0.2, 0.25) is 0 Å². The van der Waals surface area contributed by atoms with Crippen molar-refractivity contribution < 1.29 is 9.18 Å². The number of hydrogen-bond acceptors (Lipinski definition) is 4. The number of nitrogens with zero attached hydrogens (tertiary/aromatic N) is 3. The van der Waals surface area contributed by atoms with Crippen LogP contribution in [-0.4, -0.2) is 42.0 Å². The third-order valence-electron chi connectivity index (χ3n) is 4.40. The van der Waals surface area contributed by atoms with Gasteiger partial charge in [0, 0.05) is 13.1 Å². The van der Waals surface area contributed by atoms with Crippen LogP contribution in [0.5, 0.6) is 0 Å². The lowest BCUT2D eigenvalue weighted by molar-refractivity contribution is 0.0980. The molecule has 0 fully saturated rings. The number of likely N-dealkylation sites (N-methyl/N-ethyl adjacent to an activating group) is 1. The largest absolute Gasteiger partial charge is 0.302 e. The third kappa shape index (κ3) is 4.83. The summed E-state index contributed by atoms with van der Waals surface area (Å²) in [6.45, 7) is 7.16. The van der Waals surface area contributed by atoms with Crippen LogP contribution in [0.4, 0.5) is 9.52 Å². The predicted molar refractivity (Wildman–Crippen MR) is 113 cm³/mol. The number of benzene rings is 2. The number of aromatic nitrogens is 1. The van der Waals surface area contributed by atoms with Crippen LogP contribution < -0.4 is 4.90 Å². The summed E-state index contributed by atoms with van der Waals surface area (Å²) in [4.78, 5) is 21.5. The molecular formula is C20H23ClFN3OS. The molecule has 4 nitrogen and oxygen atoms in total. The molecular weight excluding hydrogens is 385 g/mol. The molecule has 0 N–H and O–H groups in total. The first kappa shape index (κ1) is 21.3. The van der Waals surface area contributed by atoms with Crippen molar-refractivity contribution in [3.63, 3.8) is 0 Å². The summed E-state index contributed by atoms with van der Waals surface area (Å²) in [5, 5.41) is 0.603. The van der Waals surface area contributed by atoms with Crippen LogP contribution >= 0.6 is 23.7 Å². The molecule has 0 atom stereocenters. The molecule has 0 aliphatic heterocycles. The van der Waals surface area contributed by atoms with Gasteiger partial charge in [-0.05, 0) is 37.4 Å². The average Bonchev–Trinajstić information content (AvgIpc) is 3.09. The Morgan fingerprint density at radius 3 is 2.37 bits per heavy atom. The van der Waals surface area contributed by atoms with E-state index in [9.17, 15) is 9.18 Å². The van der Waals surface area contributed by atoms with Crippen LogP contribution in [0, 0.1) is 5.82 Å². The molecule has 3 rings (SSSR count). The zero-order valence-electron chi connectivity index (χ0n) is 15.4. The van der Waals surface area contributed by atoms with Crippen LogP contribution in [0.1, 0.15) is 24.2 Å². The van der Waals surface area contributed by atoms with Crippen molar-refractivity contribution in [3.8, 4) is 0 Å². The van der Waals surface area contributed by atoms with E-state index in [4.69, 9.17) is 0 Å². The Labute approximate surface area is 169 Å². The number of carbonyl (C=O) groups excluding carboxylic acids is 1. The first-order valence-electron chi connectivity index (χ1n) is 8.78. The van der Waals surface area contributed by atoms with Gasteiger partial charge in [-0.3, -0.25) is 9.69 Å². The fraction of sp³-hybridized carbons (Fsp3) is 0.300. The van der Waals surface area contributed by atoms with E-state index in [-0.39, 0.29) is 23.9 Å². The lowest BCUT2D eigenvalue weighted by Crippen LogP contribution is -2.39. The van der Waals surface area contributed by atoms with Crippen molar-refractivity contribution in [3.05, 3.63) is 59.9 Å². The Hall–Kier alpha value is -2.02. The van der Waals surface area contributed by atoms with Crippen LogP contribution in [0.25, 0.3) is 10.2 Å². The van der Waals surface area contributed by atoms with Gasteiger partial charge in [0.1, 0.15) is 5.82 Å². The first-order chi connectivity index (χ1) is 12.6. The van der Waals surface area contributed by atoms with E-state index in [1.165, 1.54) is 23.5 Å². The van der Waals surface area contributed by atoms with Gasteiger partial charge in [0.15, 0.2) is 5.13 Å². The average molecular weight is 408 g/mol. The number of hydrogen-bond donors (Lipinski definition) is 0. The number of para-hydroxylation sites is 1. The Morgan fingerprint density at radius 1 is 1.04 bits per heavy atom. The molecule has 7 heteroatoms. The fourth-order valence-corrected chi connectivity index (χ4v) is 3.81. The number of halogens is 2. The van der Waals surface area contributed by atoms with E-state index >= 15 is 0 Å². The summed E-state index contributed by atoms with van der Waals surface area (Å²) in [7, 11) is 0. The Bertz CT molecular complexity index is 865. The number of rotatable bonds is 7. The first-order valence-corrected chi connectivity index (χ1v) is 9.60. The van der Waals surface area contributed by atoms with Crippen molar-refractivity contribution in [1.29, 1.82) is 0 Å². The molecule has 0 spiro atoms. The summed E-state index contributed by atoms with van der Waals surface area (Å²) in [6.07, 6.45) is 0. The number of fused-ring (bicyclic) bond motifs is 1. The minimum absolute atomic E-state index is 0. The van der Waals surface area contributed by atoms with Crippen LogP contribution in [0.2, 0.25) is 0 Å². The molecule has 1 heterocycles. The molecule has 1 aromatic heterocycles. The van der Waals surface area contributed by atoms with Crippen molar-refractivity contribution in [2.24, 2.45) is 0 Å². The lowest BCUT2D eigenvalue weighted by atomic mass is 10.2. The normalized spacial score (nSPS) is 10.8. The Balaban J connectivity index is 0.00000261. The Morgan fingerprint density at radius 2 is 1.70 bits per heavy atom. The van der Waals surface area contributed by atoms with Gasteiger partial charge in [0.05, 0.1) is 15.8 Å². The Kier molecular flexibility index (Phi) is 7.71. The summed E-state index contributed by atoms with van der Waals surface area (Å²) in [5.41, 5.74) is 0.924. The zero-order chi connectivity index (χ0) is 18.5. The molecule has 2 aromatic carbocycles. The summed E-state index contributed by atoms with van der Waals surface area (Å²) in [6, 6.07) is 13.9. The highest BCUT2D eigenvalue weighted by atomic mass is 35.5. The monoisotopic (exact) mass is 407 g/mol. The molecule has 0 unspecified atom stereocenters. The minimum Gasteiger partial charge on any atom is -0.302 e. The van der Waals surface area contributed by atoms with Gasteiger partial charge in [-0.15, -0.1) is 12.4 Å². The molecule has 0 bridgehead atoms. The maximum absolute atomic E-state index is 14.2. The summed E-state index contributed by atoms with van der Waals surface area (Å²) >= 11 is 1.45. The van der Waals surface area contributed by atoms with E-state index in [2.05, 4.69) is 23.7 Å². The predicted octanol–water partition coefficient (Wildman–Crippen LogP) is 4.85. The van der Waals surface area contributed by atoms with E-state index in [1.807, 2.05) is 24.3 Å². The van der Waals surface area contributed by atoms with Gasteiger partial charge in [-0.25, -0.2) is 9.37 Å². The second-order valence-corrected chi connectivity index (χ2v) is 6.94. The van der Waals surface area contributed by atoms with Crippen molar-refractivity contribution in [2.75, 3.05) is 31.1 Å². The molecule has 0 aliphatic rings. The van der Waals surface area contributed by atoms with E-state index < -0.39 is 5.82 Å². The van der Waals surface area contributed by atoms with Crippen molar-refractivity contribution >= 4 is 45.0 Å². The highest BCUT2D eigenvalue weighted by molar-refractivity contribution is 7.22. The second kappa shape index (κ2) is 9.78.